The van der Waals surface area contributed by atoms with Gasteiger partial charge in [-0.2, -0.15) is 0 Å². The van der Waals surface area contributed by atoms with Gasteiger partial charge in [-0.15, -0.1) is 0 Å². The van der Waals surface area contributed by atoms with Crippen LogP contribution in [-0.2, 0) is 23.7 Å². The number of hydrogen-bond acceptors (Lipinski definition) is 13. The van der Waals surface area contributed by atoms with E-state index in [0.29, 0.717) is 6.42 Å². The molecule has 14 nitrogen and oxygen atoms in total. The van der Waals surface area contributed by atoms with E-state index in [1.807, 2.05) is 6.08 Å². The lowest BCUT2D eigenvalue weighted by atomic mass is 9.97. The number of nitrogens with one attached hydrogen (secondary N) is 1. The number of amides is 1. The second kappa shape index (κ2) is 52.2. The number of carbonyl (C=O) groups is 1. The lowest BCUT2D eigenvalue weighted by molar-refractivity contribution is -0.359. The van der Waals surface area contributed by atoms with E-state index < -0.39 is 86.8 Å². The number of aliphatic hydroxyl groups excluding tert-OH is 8. The lowest BCUT2D eigenvalue weighted by Gasteiger charge is -2.46. The molecule has 2 aliphatic rings. The largest absolute Gasteiger partial charge is 0.394 e. The molecule has 0 aromatic carbocycles. The summed E-state index contributed by atoms with van der Waals surface area (Å²) in [4.78, 5) is 13.2. The number of aliphatic hydroxyl groups is 8. The zero-order valence-electron chi connectivity index (χ0n) is 50.6. The van der Waals surface area contributed by atoms with E-state index in [-0.39, 0.29) is 18.9 Å². The third kappa shape index (κ3) is 37.1. The molecule has 470 valence electrons. The lowest BCUT2D eigenvalue weighted by Crippen LogP contribution is -2.65. The minimum absolute atomic E-state index is 0.249. The molecule has 83 heavy (non-hydrogen) atoms. The van der Waals surface area contributed by atoms with E-state index in [4.69, 9.17) is 18.9 Å². The van der Waals surface area contributed by atoms with Crippen molar-refractivity contribution in [1.82, 2.24) is 5.32 Å². The summed E-state index contributed by atoms with van der Waals surface area (Å²) in [6, 6.07) is -0.934. The molecule has 0 spiro atoms. The summed E-state index contributed by atoms with van der Waals surface area (Å²) in [6.45, 7) is 2.61. The Morgan fingerprint density at radius 2 is 0.831 bits per heavy atom. The van der Waals surface area contributed by atoms with E-state index >= 15 is 0 Å². The number of rotatable bonds is 48. The molecule has 9 N–H and O–H groups in total. The van der Waals surface area contributed by atoms with Gasteiger partial charge in [0.1, 0.15) is 48.8 Å². The van der Waals surface area contributed by atoms with E-state index in [1.165, 1.54) is 32.1 Å². The fourth-order valence-electron chi connectivity index (χ4n) is 9.23. The van der Waals surface area contributed by atoms with Gasteiger partial charge in [0.05, 0.1) is 32.0 Å². The molecule has 12 unspecified atom stereocenters. The summed E-state index contributed by atoms with van der Waals surface area (Å²) in [5.41, 5.74) is 0. The summed E-state index contributed by atoms with van der Waals surface area (Å²) in [7, 11) is 0. The van der Waals surface area contributed by atoms with Crippen LogP contribution in [0.1, 0.15) is 187 Å². The smallest absolute Gasteiger partial charge is 0.220 e. The molecule has 14 heteroatoms. The van der Waals surface area contributed by atoms with Gasteiger partial charge in [0, 0.05) is 6.42 Å². The molecule has 2 aliphatic heterocycles. The summed E-state index contributed by atoms with van der Waals surface area (Å²) >= 11 is 0. The van der Waals surface area contributed by atoms with Crippen LogP contribution in [0.5, 0.6) is 0 Å². The number of carbonyl (C=O) groups excluding carboxylic acids is 1. The van der Waals surface area contributed by atoms with E-state index in [1.54, 1.807) is 6.08 Å². The molecule has 1 amide bonds. The molecular weight excluding hydrogens is 1050 g/mol. The van der Waals surface area contributed by atoms with Crippen LogP contribution < -0.4 is 5.32 Å². The average molecular weight is 1160 g/mol. The maximum Gasteiger partial charge on any atom is 0.220 e. The Morgan fingerprint density at radius 3 is 1.28 bits per heavy atom. The van der Waals surface area contributed by atoms with Gasteiger partial charge in [0.2, 0.25) is 5.91 Å². The first-order valence-electron chi connectivity index (χ1n) is 31.6. The Morgan fingerprint density at radius 1 is 0.446 bits per heavy atom. The summed E-state index contributed by atoms with van der Waals surface area (Å²) < 4.78 is 22.7. The first-order valence-corrected chi connectivity index (χ1v) is 31.6. The standard InChI is InChI=1S/C69H111NO13/c1-3-5-7-9-11-13-15-16-17-18-19-20-21-22-23-24-25-26-27-28-29-30-31-32-33-34-35-36-37-38-39-40-41-42-43-45-47-49-51-53-61(74)70-57(58(73)52-50-48-46-44-14-12-10-8-6-4-2)56-80-68-66(79)64(77)67(60(55-72)82-68)83-69-65(78)63(76)62(75)59(54-71)81-69/h5,7,11,13,16-17,19-20,22-23,25-26,28-29,31-32,34-35,37-38,40-41,50,52,57-60,62-69,71-73,75-79H,3-4,6,8-10,12,14-15,18,21,24,27,30,33,36,39,42-49,51,53-56H2,1-2H3,(H,70,74)/b7-5-,13-11-,17-16-,20-19-,23-22-,26-25-,29-28-,32-31-,35-34-,38-37-,41-40-,52-50+. The van der Waals surface area contributed by atoms with Gasteiger partial charge in [0.25, 0.3) is 0 Å². The van der Waals surface area contributed by atoms with Crippen LogP contribution in [-0.4, -0.2) is 140 Å². The van der Waals surface area contributed by atoms with Crippen LogP contribution in [0.3, 0.4) is 0 Å². The topological polar surface area (TPSA) is 228 Å². The maximum absolute atomic E-state index is 13.2. The Hall–Kier alpha value is -4.13. The van der Waals surface area contributed by atoms with Gasteiger partial charge >= 0.3 is 0 Å². The van der Waals surface area contributed by atoms with E-state index in [2.05, 4.69) is 153 Å². The predicted molar refractivity (Wildman–Crippen MR) is 336 cm³/mol. The molecule has 2 fully saturated rings. The van der Waals surface area contributed by atoms with Crippen molar-refractivity contribution < 1.29 is 64.6 Å². The van der Waals surface area contributed by atoms with Crippen molar-refractivity contribution in [3.63, 3.8) is 0 Å². The molecule has 0 aromatic rings. The van der Waals surface area contributed by atoms with Crippen molar-refractivity contribution in [3.8, 4) is 0 Å². The third-order valence-corrected chi connectivity index (χ3v) is 14.3. The normalized spacial score (nSPS) is 24.8. The van der Waals surface area contributed by atoms with Gasteiger partial charge in [-0.05, 0) is 103 Å². The molecule has 2 heterocycles. The number of unbranched alkanes of at least 4 members (excludes halogenated alkanes) is 13. The first kappa shape index (κ1) is 75.0. The van der Waals surface area contributed by atoms with Gasteiger partial charge in [0.15, 0.2) is 12.6 Å². The van der Waals surface area contributed by atoms with Crippen molar-refractivity contribution in [2.24, 2.45) is 0 Å². The fraction of sp³-hybridized carbons (Fsp3) is 0.638. The highest BCUT2D eigenvalue weighted by atomic mass is 16.7. The third-order valence-electron chi connectivity index (χ3n) is 14.3. The van der Waals surface area contributed by atoms with Gasteiger partial charge < -0.3 is 65.1 Å². The molecule has 12 atom stereocenters. The zero-order valence-corrected chi connectivity index (χ0v) is 50.6. The Bertz CT molecular complexity index is 1950. The van der Waals surface area contributed by atoms with Crippen LogP contribution in [0, 0.1) is 0 Å². The molecule has 0 radical (unpaired) electrons. The molecule has 2 saturated heterocycles. The highest BCUT2D eigenvalue weighted by Crippen LogP contribution is 2.30. The highest BCUT2D eigenvalue weighted by Gasteiger charge is 2.51. The van der Waals surface area contributed by atoms with E-state index in [9.17, 15) is 45.6 Å². The maximum atomic E-state index is 13.2. The molecular formula is C69H111NO13. The second-order valence-corrected chi connectivity index (χ2v) is 21.5. The zero-order chi connectivity index (χ0) is 60.2. The predicted octanol–water partition coefficient (Wildman–Crippen LogP) is 11.7. The molecule has 0 saturated carbocycles. The number of allylic oxidation sites excluding steroid dienone is 23. The van der Waals surface area contributed by atoms with Crippen LogP contribution >= 0.6 is 0 Å². The Balaban J connectivity index is 1.64. The monoisotopic (exact) mass is 1160 g/mol. The SMILES string of the molecule is CC/C=C\C/C=C\C/C=C\C/C=C\C/C=C\C/C=C\C/C=C\C/C=C\C/C=C\C/C=C\C/C=C\CCCCCCCC(=O)NC(COC1OC(CO)C(OC2OC(CO)C(O)C(O)C2O)C(O)C1O)C(O)/C=C/CCCCCCCCCC. The second-order valence-electron chi connectivity index (χ2n) is 21.5. The Kier molecular flexibility index (Phi) is 47.2. The summed E-state index contributed by atoms with van der Waals surface area (Å²) in [5.74, 6) is -0.267. The van der Waals surface area contributed by atoms with Crippen molar-refractivity contribution in [2.75, 3.05) is 19.8 Å². The number of hydrogen-bond donors (Lipinski definition) is 9. The number of ether oxygens (including phenoxy) is 4. The van der Waals surface area contributed by atoms with Gasteiger partial charge in [-0.25, -0.2) is 0 Å². The fourth-order valence-corrected chi connectivity index (χ4v) is 9.23. The van der Waals surface area contributed by atoms with Crippen LogP contribution in [0.2, 0.25) is 0 Å². The Labute approximate surface area is 500 Å². The van der Waals surface area contributed by atoms with Crippen LogP contribution in [0.4, 0.5) is 0 Å². The quantitative estimate of drug-likeness (QED) is 0.0204. The molecule has 0 bridgehead atoms. The highest BCUT2D eigenvalue weighted by molar-refractivity contribution is 5.76. The molecule has 0 aliphatic carbocycles. The first-order chi connectivity index (χ1) is 40.6. The van der Waals surface area contributed by atoms with E-state index in [0.717, 1.165) is 128 Å². The summed E-state index contributed by atoms with van der Waals surface area (Å²) in [5, 5.41) is 86.9. The minimum Gasteiger partial charge on any atom is -0.394 e. The average Bonchev–Trinajstić information content (AvgIpc) is 3.47. The van der Waals surface area contributed by atoms with Crippen molar-refractivity contribution in [2.45, 2.75) is 261 Å². The molecule has 2 rings (SSSR count). The molecule has 0 aromatic heterocycles. The van der Waals surface area contributed by atoms with Gasteiger partial charge in [-0.1, -0.05) is 224 Å². The van der Waals surface area contributed by atoms with Crippen LogP contribution in [0.25, 0.3) is 0 Å². The van der Waals surface area contributed by atoms with Crippen molar-refractivity contribution >= 4 is 5.91 Å². The van der Waals surface area contributed by atoms with Crippen molar-refractivity contribution in [1.29, 1.82) is 0 Å². The minimum atomic E-state index is -1.80. The van der Waals surface area contributed by atoms with Gasteiger partial charge in [-0.3, -0.25) is 4.79 Å². The summed E-state index contributed by atoms with van der Waals surface area (Å²) in [6.07, 6.45) is 62.0. The van der Waals surface area contributed by atoms with Crippen molar-refractivity contribution in [3.05, 3.63) is 146 Å². The van der Waals surface area contributed by atoms with Crippen LogP contribution in [0.15, 0.2) is 146 Å².